The number of phenolic OH excluding ortho intramolecular Hbond substituents is 1. The highest BCUT2D eigenvalue weighted by Gasteiger charge is 2.20. The first kappa shape index (κ1) is 20.0. The average Bonchev–Trinajstić information content (AvgIpc) is 2.80. The number of hydrogen-bond acceptors (Lipinski definition) is 4. The Morgan fingerprint density at radius 3 is 2.43 bits per heavy atom. The quantitative estimate of drug-likeness (QED) is 0.623. The van der Waals surface area contributed by atoms with E-state index in [1.165, 1.54) is 11.3 Å². The van der Waals surface area contributed by atoms with E-state index in [1.54, 1.807) is 36.4 Å². The van der Waals surface area contributed by atoms with Crippen molar-refractivity contribution in [2.24, 2.45) is 4.99 Å². The van der Waals surface area contributed by atoms with Gasteiger partial charge in [0, 0.05) is 23.0 Å². The van der Waals surface area contributed by atoms with Gasteiger partial charge in [0.15, 0.2) is 0 Å². The Balaban J connectivity index is 1.34. The number of anilines is 1. The van der Waals surface area contributed by atoms with Gasteiger partial charge in [-0.2, -0.15) is 0 Å². The third-order valence-corrected chi connectivity index (χ3v) is 5.57. The predicted octanol–water partition coefficient (Wildman–Crippen LogP) is 3.06. The lowest BCUT2D eigenvalue weighted by atomic mass is 10.2. The maximum Gasteiger partial charge on any atom is 0.124 e. The Hall–Kier alpha value is -3.31. The molecule has 3 aromatic rings. The van der Waals surface area contributed by atoms with Crippen LogP contribution in [0.1, 0.15) is 11.1 Å². The number of ether oxygens (including phenoxy) is 1. The molecule has 0 aliphatic carbocycles. The van der Waals surface area contributed by atoms with Crippen LogP contribution >= 0.6 is 0 Å². The van der Waals surface area contributed by atoms with Gasteiger partial charge in [0.2, 0.25) is 0 Å². The number of benzene rings is 3. The average molecular weight is 403 g/mol. The molecule has 1 saturated heterocycles. The second kappa shape index (κ2) is 9.46. The number of rotatable bonds is 6. The molecule has 0 radical (unpaired) electrons. The van der Waals surface area contributed by atoms with E-state index in [0.29, 0.717) is 11.3 Å². The molecule has 5 heteroatoms. The summed E-state index contributed by atoms with van der Waals surface area (Å²) in [6.07, 6.45) is 1.67. The van der Waals surface area contributed by atoms with Crippen molar-refractivity contribution in [2.75, 3.05) is 38.2 Å². The minimum absolute atomic E-state index is 0.187. The lowest BCUT2D eigenvalue weighted by molar-refractivity contribution is -0.914. The van der Waals surface area contributed by atoms with Crippen LogP contribution in [0.15, 0.2) is 77.8 Å². The maximum absolute atomic E-state index is 9.98. The summed E-state index contributed by atoms with van der Waals surface area (Å²) >= 11 is 0. The van der Waals surface area contributed by atoms with Gasteiger partial charge in [-0.3, -0.25) is 4.99 Å². The molecule has 30 heavy (non-hydrogen) atoms. The number of hydrogen-bond donors (Lipinski definition) is 2. The van der Waals surface area contributed by atoms with Gasteiger partial charge >= 0.3 is 0 Å². The molecule has 2 N–H and O–H groups in total. The van der Waals surface area contributed by atoms with E-state index in [1.807, 2.05) is 12.1 Å². The van der Waals surface area contributed by atoms with Crippen molar-refractivity contribution in [1.29, 1.82) is 0 Å². The molecule has 1 fully saturated rings. The second-order valence-corrected chi connectivity index (χ2v) is 7.60. The van der Waals surface area contributed by atoms with Crippen molar-refractivity contribution in [3.63, 3.8) is 0 Å². The molecule has 1 heterocycles. The molecule has 0 aromatic heterocycles. The van der Waals surface area contributed by atoms with Gasteiger partial charge in [-0.05, 0) is 42.5 Å². The fourth-order valence-electron chi connectivity index (χ4n) is 3.80. The zero-order valence-electron chi connectivity index (χ0n) is 17.3. The van der Waals surface area contributed by atoms with E-state index in [9.17, 15) is 5.11 Å². The van der Waals surface area contributed by atoms with Crippen LogP contribution in [0, 0.1) is 0 Å². The van der Waals surface area contributed by atoms with Crippen molar-refractivity contribution in [2.45, 2.75) is 6.54 Å². The number of aliphatic imine (C=N–C) groups is 1. The Labute approximate surface area is 177 Å². The van der Waals surface area contributed by atoms with Gasteiger partial charge in [-0.25, -0.2) is 0 Å². The molecule has 0 saturated carbocycles. The van der Waals surface area contributed by atoms with Crippen LogP contribution in [0.5, 0.6) is 11.5 Å². The van der Waals surface area contributed by atoms with Crippen LogP contribution in [0.2, 0.25) is 0 Å². The van der Waals surface area contributed by atoms with Crippen LogP contribution in [-0.4, -0.2) is 44.6 Å². The van der Waals surface area contributed by atoms with Gasteiger partial charge in [0.25, 0.3) is 0 Å². The van der Waals surface area contributed by atoms with Crippen LogP contribution in [0.25, 0.3) is 0 Å². The van der Waals surface area contributed by atoms with Gasteiger partial charge in [-0.1, -0.05) is 30.3 Å². The van der Waals surface area contributed by atoms with Gasteiger partial charge in [0.05, 0.1) is 39.0 Å². The fourth-order valence-corrected chi connectivity index (χ4v) is 3.80. The molecule has 1 aliphatic rings. The summed E-state index contributed by atoms with van der Waals surface area (Å²) in [6.45, 7) is 5.50. The van der Waals surface area contributed by atoms with Crippen LogP contribution in [0.3, 0.4) is 0 Å². The number of aromatic hydroxyl groups is 1. The standard InChI is InChI=1S/C25H27N3O2/c1-30-24-11-12-25(29)21(17-24)18-26-22-7-9-23(10-8-22)28-15-13-27(14-16-28)19-20-5-3-2-4-6-20/h2-12,17-18,29H,13-16,19H2,1H3/p+1. The minimum Gasteiger partial charge on any atom is -0.507 e. The summed E-state index contributed by atoms with van der Waals surface area (Å²) < 4.78 is 5.21. The molecular weight excluding hydrogens is 374 g/mol. The summed E-state index contributed by atoms with van der Waals surface area (Å²) in [4.78, 5) is 8.57. The third kappa shape index (κ3) is 4.99. The minimum atomic E-state index is 0.187. The Morgan fingerprint density at radius 1 is 1.00 bits per heavy atom. The van der Waals surface area contributed by atoms with Crippen LogP contribution in [-0.2, 0) is 6.54 Å². The summed E-state index contributed by atoms with van der Waals surface area (Å²) in [5.74, 6) is 0.880. The number of nitrogens with one attached hydrogen (secondary N) is 1. The monoisotopic (exact) mass is 402 g/mol. The molecule has 0 unspecified atom stereocenters. The summed E-state index contributed by atoms with van der Waals surface area (Å²) in [7, 11) is 1.61. The van der Waals surface area contributed by atoms with Crippen LogP contribution in [0.4, 0.5) is 11.4 Å². The van der Waals surface area contributed by atoms with Crippen molar-refractivity contribution < 1.29 is 14.7 Å². The molecular formula is C25H28N3O2+. The summed E-state index contributed by atoms with van der Waals surface area (Å²) in [6, 6.07) is 24.1. The van der Waals surface area contributed by atoms with E-state index in [2.05, 4.69) is 52.4 Å². The van der Waals surface area contributed by atoms with Crippen molar-refractivity contribution in [3.8, 4) is 11.5 Å². The Bertz CT molecular complexity index is 979. The van der Waals surface area contributed by atoms with E-state index in [-0.39, 0.29) is 5.75 Å². The van der Waals surface area contributed by atoms with E-state index in [0.717, 1.165) is 38.4 Å². The van der Waals surface area contributed by atoms with Crippen molar-refractivity contribution >= 4 is 17.6 Å². The number of methoxy groups -OCH3 is 1. The molecule has 154 valence electrons. The molecule has 3 aromatic carbocycles. The fraction of sp³-hybridized carbons (Fsp3) is 0.240. The second-order valence-electron chi connectivity index (χ2n) is 7.60. The smallest absolute Gasteiger partial charge is 0.124 e. The van der Waals surface area contributed by atoms with Crippen LogP contribution < -0.4 is 14.5 Å². The molecule has 0 spiro atoms. The lowest BCUT2D eigenvalue weighted by Crippen LogP contribution is -3.13. The first-order valence-electron chi connectivity index (χ1n) is 10.3. The van der Waals surface area contributed by atoms with Crippen molar-refractivity contribution in [1.82, 2.24) is 0 Å². The predicted molar refractivity (Wildman–Crippen MR) is 121 cm³/mol. The van der Waals surface area contributed by atoms with E-state index in [4.69, 9.17) is 4.74 Å². The molecule has 5 nitrogen and oxygen atoms in total. The Kier molecular flexibility index (Phi) is 6.30. The van der Waals surface area contributed by atoms with Gasteiger partial charge in [-0.15, -0.1) is 0 Å². The van der Waals surface area contributed by atoms with E-state index >= 15 is 0 Å². The molecule has 0 amide bonds. The number of quaternary nitrogens is 1. The molecule has 4 rings (SSSR count). The highest BCUT2D eigenvalue weighted by atomic mass is 16.5. The third-order valence-electron chi connectivity index (χ3n) is 5.57. The zero-order valence-corrected chi connectivity index (χ0v) is 17.3. The zero-order chi connectivity index (χ0) is 20.8. The summed E-state index contributed by atoms with van der Waals surface area (Å²) in [5.41, 5.74) is 4.13. The highest BCUT2D eigenvalue weighted by molar-refractivity contribution is 5.86. The molecule has 0 atom stereocenters. The number of phenols is 1. The maximum atomic E-state index is 9.98. The Morgan fingerprint density at radius 2 is 1.73 bits per heavy atom. The normalized spacial score (nSPS) is 14.9. The van der Waals surface area contributed by atoms with Gasteiger partial charge in [0.1, 0.15) is 18.0 Å². The summed E-state index contributed by atoms with van der Waals surface area (Å²) in [5, 5.41) is 9.98. The molecule has 0 bridgehead atoms. The lowest BCUT2D eigenvalue weighted by Gasteiger charge is -2.33. The first-order chi connectivity index (χ1) is 14.7. The van der Waals surface area contributed by atoms with Gasteiger partial charge < -0.3 is 19.6 Å². The molecule has 1 aliphatic heterocycles. The topological polar surface area (TPSA) is 49.5 Å². The SMILES string of the molecule is COc1ccc(O)c(C=Nc2ccc(N3CC[NH+](Cc4ccccc4)CC3)cc2)c1. The van der Waals surface area contributed by atoms with E-state index < -0.39 is 0 Å². The largest absolute Gasteiger partial charge is 0.507 e. The highest BCUT2D eigenvalue weighted by Crippen LogP contribution is 2.23. The number of piperazine rings is 1. The van der Waals surface area contributed by atoms with Crippen molar-refractivity contribution in [3.05, 3.63) is 83.9 Å². The first-order valence-corrected chi connectivity index (χ1v) is 10.3. The number of nitrogens with zero attached hydrogens (tertiary/aromatic N) is 2.